The normalized spacial score (nSPS) is 34.7. The molecule has 1 saturated heterocycles. The van der Waals surface area contributed by atoms with E-state index in [0.717, 1.165) is 6.42 Å². The molecule has 0 aromatic heterocycles. The van der Waals surface area contributed by atoms with Crippen molar-refractivity contribution in [2.75, 3.05) is 6.61 Å². The van der Waals surface area contributed by atoms with Crippen molar-refractivity contribution in [2.24, 2.45) is 11.8 Å². The fraction of sp³-hybridized carbons (Fsp3) is 0.857. The molecular formula is C7H10O2. The third-order valence-electron chi connectivity index (χ3n) is 2.17. The summed E-state index contributed by atoms with van der Waals surface area (Å²) >= 11 is 0. The van der Waals surface area contributed by atoms with Crippen molar-refractivity contribution in [3.8, 4) is 0 Å². The molecule has 0 N–H and O–H groups in total. The Morgan fingerprint density at radius 1 is 1.33 bits per heavy atom. The number of carbonyl (C=O) groups is 1. The van der Waals surface area contributed by atoms with Crippen molar-refractivity contribution < 1.29 is 9.53 Å². The van der Waals surface area contributed by atoms with E-state index < -0.39 is 0 Å². The van der Waals surface area contributed by atoms with Crippen LogP contribution in [0.1, 0.15) is 19.3 Å². The number of hydrogen-bond acceptors (Lipinski definition) is 2. The van der Waals surface area contributed by atoms with Gasteiger partial charge in [-0.2, -0.15) is 0 Å². The Bertz CT molecular complexity index is 138. The zero-order valence-electron chi connectivity index (χ0n) is 5.30. The predicted octanol–water partition coefficient (Wildman–Crippen LogP) is 0.960. The molecule has 2 nitrogen and oxygen atoms in total. The maximum absolute atomic E-state index is 10.8. The molecular weight excluding hydrogens is 116 g/mol. The maximum Gasteiger partial charge on any atom is 0.309 e. The van der Waals surface area contributed by atoms with Gasteiger partial charge in [0.25, 0.3) is 0 Å². The lowest BCUT2D eigenvalue weighted by Gasteiger charge is -1.98. The smallest absolute Gasteiger partial charge is 0.309 e. The molecule has 0 spiro atoms. The molecule has 2 fully saturated rings. The fourth-order valence-electron chi connectivity index (χ4n) is 1.44. The van der Waals surface area contributed by atoms with Crippen LogP contribution >= 0.6 is 0 Å². The molecule has 1 heterocycles. The predicted molar refractivity (Wildman–Crippen MR) is 31.8 cm³/mol. The summed E-state index contributed by atoms with van der Waals surface area (Å²) in [5.74, 6) is 1.03. The first-order chi connectivity index (χ1) is 4.38. The third-order valence-corrected chi connectivity index (χ3v) is 2.17. The Kier molecular flexibility index (Phi) is 1.01. The van der Waals surface area contributed by atoms with E-state index >= 15 is 0 Å². The van der Waals surface area contributed by atoms with Gasteiger partial charge in [0.2, 0.25) is 0 Å². The van der Waals surface area contributed by atoms with Gasteiger partial charge in [0.15, 0.2) is 0 Å². The van der Waals surface area contributed by atoms with Crippen molar-refractivity contribution in [3.63, 3.8) is 0 Å². The average Bonchev–Trinajstić information content (AvgIpc) is 2.58. The van der Waals surface area contributed by atoms with E-state index in [1.807, 2.05) is 0 Å². The number of hydrogen-bond donors (Lipinski definition) is 0. The topological polar surface area (TPSA) is 26.3 Å². The number of ether oxygens (including phenoxy) is 1. The molecule has 1 saturated carbocycles. The maximum atomic E-state index is 10.8. The van der Waals surface area contributed by atoms with Crippen molar-refractivity contribution in [1.82, 2.24) is 0 Å². The standard InChI is InChI=1S/C7H10O2/c8-7-6(3-4-9-7)5-1-2-5/h5-6H,1-4H2. The number of carbonyl (C=O) groups excluding carboxylic acids is 1. The van der Waals surface area contributed by atoms with Crippen molar-refractivity contribution in [3.05, 3.63) is 0 Å². The van der Waals surface area contributed by atoms with E-state index in [9.17, 15) is 4.79 Å². The fourth-order valence-corrected chi connectivity index (χ4v) is 1.44. The highest BCUT2D eigenvalue weighted by molar-refractivity contribution is 5.74. The Labute approximate surface area is 54.2 Å². The zero-order valence-corrected chi connectivity index (χ0v) is 5.30. The average molecular weight is 126 g/mol. The highest BCUT2D eigenvalue weighted by Gasteiger charge is 2.39. The van der Waals surface area contributed by atoms with E-state index in [-0.39, 0.29) is 11.9 Å². The van der Waals surface area contributed by atoms with Crippen LogP contribution in [0.15, 0.2) is 0 Å². The lowest BCUT2D eigenvalue weighted by Crippen LogP contribution is -2.08. The lowest BCUT2D eigenvalue weighted by molar-refractivity contribution is -0.141. The summed E-state index contributed by atoms with van der Waals surface area (Å²) in [7, 11) is 0. The van der Waals surface area contributed by atoms with Crippen LogP contribution in [0, 0.1) is 11.8 Å². The van der Waals surface area contributed by atoms with Crippen LogP contribution in [0.4, 0.5) is 0 Å². The van der Waals surface area contributed by atoms with Gasteiger partial charge in [0.05, 0.1) is 12.5 Å². The summed E-state index contributed by atoms with van der Waals surface area (Å²) < 4.78 is 4.83. The van der Waals surface area contributed by atoms with Crippen LogP contribution < -0.4 is 0 Å². The van der Waals surface area contributed by atoms with Crippen LogP contribution in [-0.4, -0.2) is 12.6 Å². The molecule has 9 heavy (non-hydrogen) atoms. The molecule has 0 aromatic carbocycles. The Hall–Kier alpha value is -0.530. The molecule has 1 aliphatic heterocycles. The third kappa shape index (κ3) is 0.824. The SMILES string of the molecule is O=C1OCCC1C1CC1. The summed E-state index contributed by atoms with van der Waals surface area (Å²) in [6.07, 6.45) is 3.48. The molecule has 0 amide bonds. The van der Waals surface area contributed by atoms with Crippen molar-refractivity contribution in [2.45, 2.75) is 19.3 Å². The minimum absolute atomic E-state index is 0.0532. The minimum Gasteiger partial charge on any atom is -0.465 e. The molecule has 2 heteroatoms. The number of cyclic esters (lactones) is 1. The number of rotatable bonds is 1. The van der Waals surface area contributed by atoms with Gasteiger partial charge in [-0.05, 0) is 25.2 Å². The second-order valence-electron chi connectivity index (χ2n) is 2.90. The van der Waals surface area contributed by atoms with Gasteiger partial charge in [-0.3, -0.25) is 4.79 Å². The molecule has 1 unspecified atom stereocenters. The van der Waals surface area contributed by atoms with Crippen LogP contribution in [0.3, 0.4) is 0 Å². The quantitative estimate of drug-likeness (QED) is 0.489. The van der Waals surface area contributed by atoms with Crippen LogP contribution in [0.2, 0.25) is 0 Å². The zero-order chi connectivity index (χ0) is 6.27. The van der Waals surface area contributed by atoms with Crippen molar-refractivity contribution >= 4 is 5.97 Å². The molecule has 50 valence electrons. The highest BCUT2D eigenvalue weighted by atomic mass is 16.5. The summed E-state index contributed by atoms with van der Waals surface area (Å²) in [5, 5.41) is 0. The van der Waals surface area contributed by atoms with Gasteiger partial charge in [0, 0.05) is 0 Å². The van der Waals surface area contributed by atoms with E-state index in [4.69, 9.17) is 4.74 Å². The molecule has 1 aliphatic carbocycles. The van der Waals surface area contributed by atoms with Gasteiger partial charge in [0.1, 0.15) is 0 Å². The van der Waals surface area contributed by atoms with Gasteiger partial charge < -0.3 is 4.74 Å². The van der Waals surface area contributed by atoms with Gasteiger partial charge in [-0.15, -0.1) is 0 Å². The van der Waals surface area contributed by atoms with Crippen molar-refractivity contribution in [1.29, 1.82) is 0 Å². The van der Waals surface area contributed by atoms with Crippen LogP contribution in [0.5, 0.6) is 0 Å². The van der Waals surface area contributed by atoms with E-state index in [2.05, 4.69) is 0 Å². The van der Waals surface area contributed by atoms with Gasteiger partial charge in [-0.1, -0.05) is 0 Å². The monoisotopic (exact) mass is 126 g/mol. The van der Waals surface area contributed by atoms with Gasteiger partial charge >= 0.3 is 5.97 Å². The summed E-state index contributed by atoms with van der Waals surface area (Å²) in [5.41, 5.74) is 0. The first-order valence-corrected chi connectivity index (χ1v) is 3.54. The summed E-state index contributed by atoms with van der Waals surface area (Å²) in [6.45, 7) is 0.667. The van der Waals surface area contributed by atoms with E-state index in [0.29, 0.717) is 12.5 Å². The minimum atomic E-state index is 0.0532. The molecule has 0 bridgehead atoms. The Balaban J connectivity index is 2.01. The van der Waals surface area contributed by atoms with Crippen LogP contribution in [0.25, 0.3) is 0 Å². The largest absolute Gasteiger partial charge is 0.465 e. The highest BCUT2D eigenvalue weighted by Crippen LogP contribution is 2.40. The summed E-state index contributed by atoms with van der Waals surface area (Å²) in [4.78, 5) is 10.8. The Morgan fingerprint density at radius 3 is 2.56 bits per heavy atom. The lowest BCUT2D eigenvalue weighted by atomic mass is 10.0. The number of esters is 1. The molecule has 2 rings (SSSR count). The first-order valence-electron chi connectivity index (χ1n) is 3.54. The Morgan fingerprint density at radius 2 is 2.11 bits per heavy atom. The molecule has 1 atom stereocenters. The van der Waals surface area contributed by atoms with Crippen LogP contribution in [-0.2, 0) is 9.53 Å². The molecule has 0 aromatic rings. The first kappa shape index (κ1) is 5.27. The molecule has 2 aliphatic rings. The van der Waals surface area contributed by atoms with E-state index in [1.165, 1.54) is 12.8 Å². The van der Waals surface area contributed by atoms with Gasteiger partial charge in [-0.25, -0.2) is 0 Å². The molecule has 0 radical (unpaired) electrons. The second-order valence-corrected chi connectivity index (χ2v) is 2.90. The second kappa shape index (κ2) is 1.72. The van der Waals surface area contributed by atoms with E-state index in [1.54, 1.807) is 0 Å². The summed E-state index contributed by atoms with van der Waals surface area (Å²) in [6, 6.07) is 0.